The Hall–Kier alpha value is -2.08. The van der Waals surface area contributed by atoms with E-state index in [1.54, 1.807) is 6.92 Å². The lowest BCUT2D eigenvalue weighted by Gasteiger charge is -2.16. The second-order valence-electron chi connectivity index (χ2n) is 3.90. The molecule has 2 rings (SSSR count). The first-order valence-corrected chi connectivity index (χ1v) is 6.59. The van der Waals surface area contributed by atoms with Crippen LogP contribution in [0.15, 0.2) is 24.3 Å². The van der Waals surface area contributed by atoms with Gasteiger partial charge in [-0.05, 0) is 13.0 Å². The molecule has 6 heteroatoms. The monoisotopic (exact) mass is 278 g/mol. The first kappa shape index (κ1) is 13.4. The van der Waals surface area contributed by atoms with E-state index in [1.807, 2.05) is 24.3 Å². The van der Waals surface area contributed by atoms with Crippen LogP contribution in [0.1, 0.15) is 6.92 Å². The van der Waals surface area contributed by atoms with E-state index in [1.165, 1.54) is 23.3 Å². The van der Waals surface area contributed by atoms with E-state index >= 15 is 0 Å². The van der Waals surface area contributed by atoms with E-state index in [9.17, 15) is 9.59 Å². The third-order valence-electron chi connectivity index (χ3n) is 2.69. The Balaban J connectivity index is 2.41. The topological polar surface area (TPSA) is 72.6 Å². The fraction of sp³-hybridized carbons (Fsp3) is 0.231. The van der Waals surface area contributed by atoms with Crippen molar-refractivity contribution < 1.29 is 14.3 Å². The molecule has 0 saturated carbocycles. The number of hydrogen-bond donors (Lipinski definition) is 1. The molecule has 1 heterocycles. The van der Waals surface area contributed by atoms with Crippen molar-refractivity contribution in [3.63, 3.8) is 0 Å². The summed E-state index contributed by atoms with van der Waals surface area (Å²) >= 11 is 1.38. The van der Waals surface area contributed by atoms with Gasteiger partial charge in [0, 0.05) is 17.1 Å². The highest BCUT2D eigenvalue weighted by atomic mass is 32.1. The van der Waals surface area contributed by atoms with Gasteiger partial charge in [-0.25, -0.2) is 4.79 Å². The molecule has 0 radical (unpaired) electrons. The fourth-order valence-electron chi connectivity index (χ4n) is 1.83. The van der Waals surface area contributed by atoms with Gasteiger partial charge >= 0.3 is 11.9 Å². The van der Waals surface area contributed by atoms with Crippen LogP contribution in [0.3, 0.4) is 0 Å². The van der Waals surface area contributed by atoms with E-state index in [2.05, 4.69) is 0 Å². The molecule has 0 unspecified atom stereocenters. The average Bonchev–Trinajstić information content (AvgIpc) is 2.73. The molecule has 100 valence electrons. The summed E-state index contributed by atoms with van der Waals surface area (Å²) in [5.74, 6) is -1.60. The zero-order chi connectivity index (χ0) is 14.0. The maximum absolute atomic E-state index is 11.9. The number of nitrogen functional groups attached to an aromatic ring is 1. The zero-order valence-electron chi connectivity index (χ0n) is 10.7. The lowest BCUT2D eigenvalue weighted by Crippen LogP contribution is -2.34. The molecule has 0 atom stereocenters. The van der Waals surface area contributed by atoms with Crippen LogP contribution in [0.5, 0.6) is 0 Å². The number of likely N-dealkylation sites (N-methyl/N-ethyl adjacent to an activating group) is 1. The molecule has 2 aromatic rings. The van der Waals surface area contributed by atoms with E-state index in [0.29, 0.717) is 10.7 Å². The van der Waals surface area contributed by atoms with E-state index < -0.39 is 11.9 Å². The molecular formula is C13H14N2O3S. The first-order valence-electron chi connectivity index (χ1n) is 5.78. The molecule has 1 amide bonds. The number of amides is 1. The van der Waals surface area contributed by atoms with Crippen molar-refractivity contribution in [3.05, 3.63) is 24.3 Å². The number of benzene rings is 1. The second kappa shape index (κ2) is 5.27. The van der Waals surface area contributed by atoms with Crippen molar-refractivity contribution in [1.29, 1.82) is 0 Å². The van der Waals surface area contributed by atoms with E-state index in [0.717, 1.165) is 10.1 Å². The molecule has 0 fully saturated rings. The Kier molecular flexibility index (Phi) is 3.71. The Morgan fingerprint density at radius 1 is 1.37 bits per heavy atom. The molecule has 0 saturated heterocycles. The van der Waals surface area contributed by atoms with Crippen LogP contribution in [0, 0.1) is 0 Å². The van der Waals surface area contributed by atoms with Crippen LogP contribution in [0.2, 0.25) is 0 Å². The number of nitrogens with zero attached hydrogens (tertiary/aromatic N) is 1. The number of thiophene rings is 1. The standard InChI is InChI=1S/C13H14N2O3S/c1-3-18-13(17)12(16)15(2)10-8-6-4-5-7-9(8)19-11(10)14/h4-7H,3,14H2,1-2H3. The highest BCUT2D eigenvalue weighted by molar-refractivity contribution is 7.23. The summed E-state index contributed by atoms with van der Waals surface area (Å²) in [7, 11) is 1.52. The summed E-state index contributed by atoms with van der Waals surface area (Å²) in [5.41, 5.74) is 6.49. The van der Waals surface area contributed by atoms with Gasteiger partial charge in [0.1, 0.15) is 5.00 Å². The molecule has 19 heavy (non-hydrogen) atoms. The minimum absolute atomic E-state index is 0.165. The summed E-state index contributed by atoms with van der Waals surface area (Å²) in [6, 6.07) is 7.55. The number of hydrogen-bond acceptors (Lipinski definition) is 5. The summed E-state index contributed by atoms with van der Waals surface area (Å²) in [4.78, 5) is 24.6. The van der Waals surface area contributed by atoms with Crippen molar-refractivity contribution in [1.82, 2.24) is 0 Å². The molecule has 0 bridgehead atoms. The Bertz CT molecular complexity index is 636. The Labute approximate surface area is 114 Å². The normalized spacial score (nSPS) is 10.4. The lowest BCUT2D eigenvalue weighted by atomic mass is 10.2. The molecule has 1 aromatic heterocycles. The minimum Gasteiger partial charge on any atom is -0.459 e. The Morgan fingerprint density at radius 3 is 2.74 bits per heavy atom. The van der Waals surface area contributed by atoms with E-state index in [-0.39, 0.29) is 6.61 Å². The van der Waals surface area contributed by atoms with Gasteiger partial charge in [0.2, 0.25) is 0 Å². The van der Waals surface area contributed by atoms with Crippen molar-refractivity contribution in [2.24, 2.45) is 0 Å². The quantitative estimate of drug-likeness (QED) is 0.673. The smallest absolute Gasteiger partial charge is 0.397 e. The average molecular weight is 278 g/mol. The first-order chi connectivity index (χ1) is 9.06. The van der Waals surface area contributed by atoms with Crippen molar-refractivity contribution in [2.75, 3.05) is 24.3 Å². The number of carbonyl (C=O) groups excluding carboxylic acids is 2. The van der Waals surface area contributed by atoms with Crippen LogP contribution in [-0.4, -0.2) is 25.5 Å². The van der Waals surface area contributed by atoms with Crippen LogP contribution in [-0.2, 0) is 14.3 Å². The number of anilines is 2. The third-order valence-corrected chi connectivity index (χ3v) is 3.67. The highest BCUT2D eigenvalue weighted by Crippen LogP contribution is 2.39. The predicted octanol–water partition coefficient (Wildman–Crippen LogP) is 2.01. The number of esters is 1. The van der Waals surface area contributed by atoms with Crippen LogP contribution < -0.4 is 10.6 Å². The fourth-order valence-corrected chi connectivity index (χ4v) is 2.83. The van der Waals surface area contributed by atoms with Crippen molar-refractivity contribution in [2.45, 2.75) is 6.92 Å². The number of carbonyl (C=O) groups is 2. The highest BCUT2D eigenvalue weighted by Gasteiger charge is 2.25. The van der Waals surface area contributed by atoms with Gasteiger partial charge in [-0.2, -0.15) is 0 Å². The van der Waals surface area contributed by atoms with Crippen molar-refractivity contribution in [3.8, 4) is 0 Å². The summed E-state index contributed by atoms with van der Waals surface area (Å²) in [6.07, 6.45) is 0. The van der Waals surface area contributed by atoms with E-state index in [4.69, 9.17) is 10.5 Å². The minimum atomic E-state index is -0.875. The molecule has 0 aliphatic carbocycles. The molecule has 0 aliphatic rings. The number of fused-ring (bicyclic) bond motifs is 1. The van der Waals surface area contributed by atoms with Gasteiger partial charge in [0.25, 0.3) is 0 Å². The zero-order valence-corrected chi connectivity index (χ0v) is 11.5. The predicted molar refractivity (Wildman–Crippen MR) is 76.3 cm³/mol. The molecule has 5 nitrogen and oxygen atoms in total. The molecular weight excluding hydrogens is 264 g/mol. The molecule has 2 N–H and O–H groups in total. The Morgan fingerprint density at radius 2 is 2.05 bits per heavy atom. The maximum atomic E-state index is 11.9. The van der Waals surface area contributed by atoms with Crippen LogP contribution >= 0.6 is 11.3 Å². The second-order valence-corrected chi connectivity index (χ2v) is 4.98. The van der Waals surface area contributed by atoms with Gasteiger partial charge in [0.05, 0.1) is 12.3 Å². The largest absolute Gasteiger partial charge is 0.459 e. The molecule has 1 aromatic carbocycles. The number of ether oxygens (including phenoxy) is 1. The van der Waals surface area contributed by atoms with Gasteiger partial charge in [-0.3, -0.25) is 4.79 Å². The number of rotatable bonds is 2. The van der Waals surface area contributed by atoms with Crippen molar-refractivity contribution >= 4 is 44.0 Å². The third kappa shape index (κ3) is 2.39. The summed E-state index contributed by atoms with van der Waals surface area (Å²) in [5, 5.41) is 1.35. The summed E-state index contributed by atoms with van der Waals surface area (Å²) < 4.78 is 5.68. The van der Waals surface area contributed by atoms with Gasteiger partial charge in [-0.15, -0.1) is 11.3 Å². The van der Waals surface area contributed by atoms with Gasteiger partial charge in [-0.1, -0.05) is 18.2 Å². The SMILES string of the molecule is CCOC(=O)C(=O)N(C)c1c(N)sc2ccccc12. The van der Waals surface area contributed by atoms with Gasteiger partial charge in [0.15, 0.2) is 0 Å². The number of nitrogens with two attached hydrogens (primary N) is 1. The van der Waals surface area contributed by atoms with Crippen LogP contribution in [0.25, 0.3) is 10.1 Å². The maximum Gasteiger partial charge on any atom is 0.397 e. The molecule has 0 spiro atoms. The molecule has 0 aliphatic heterocycles. The summed E-state index contributed by atoms with van der Waals surface area (Å²) in [6.45, 7) is 1.82. The van der Waals surface area contributed by atoms with Gasteiger partial charge < -0.3 is 15.4 Å². The van der Waals surface area contributed by atoms with Crippen LogP contribution in [0.4, 0.5) is 10.7 Å². The lowest BCUT2D eigenvalue weighted by molar-refractivity contribution is -0.153.